The summed E-state index contributed by atoms with van der Waals surface area (Å²) in [5, 5.41) is 11.5. The van der Waals surface area contributed by atoms with Crippen LogP contribution in [-0.2, 0) is 9.53 Å². The summed E-state index contributed by atoms with van der Waals surface area (Å²) in [6.07, 6.45) is 4.77. The predicted octanol–water partition coefficient (Wildman–Crippen LogP) is 4.94. The summed E-state index contributed by atoms with van der Waals surface area (Å²) in [6, 6.07) is 14.0. The molecule has 0 unspecified atom stereocenters. The van der Waals surface area contributed by atoms with Gasteiger partial charge in [-0.1, -0.05) is 36.3 Å². The fourth-order valence-electron chi connectivity index (χ4n) is 4.95. The smallest absolute Gasteiger partial charge is 0.338 e. The molecule has 1 aliphatic heterocycles. The van der Waals surface area contributed by atoms with Crippen molar-refractivity contribution in [3.05, 3.63) is 118 Å². The van der Waals surface area contributed by atoms with E-state index in [-0.39, 0.29) is 23.4 Å². The van der Waals surface area contributed by atoms with Crippen molar-refractivity contribution in [3.63, 3.8) is 0 Å². The topological polar surface area (TPSA) is 118 Å². The highest BCUT2D eigenvalue weighted by molar-refractivity contribution is 7.07. The zero-order chi connectivity index (χ0) is 30.0. The summed E-state index contributed by atoms with van der Waals surface area (Å²) >= 11 is 7.62. The van der Waals surface area contributed by atoms with Gasteiger partial charge in [0.05, 0.1) is 34.4 Å². The Labute approximate surface area is 249 Å². The van der Waals surface area contributed by atoms with E-state index in [0.29, 0.717) is 49.2 Å². The van der Waals surface area contributed by atoms with Gasteiger partial charge in [0, 0.05) is 40.3 Å². The van der Waals surface area contributed by atoms with Gasteiger partial charge in [-0.2, -0.15) is 0 Å². The molecule has 0 spiro atoms. The molecule has 0 bridgehead atoms. The normalized spacial score (nSPS) is 14.9. The van der Waals surface area contributed by atoms with E-state index in [1.165, 1.54) is 35.1 Å². The van der Waals surface area contributed by atoms with Gasteiger partial charge in [-0.25, -0.2) is 9.79 Å². The van der Waals surface area contributed by atoms with E-state index >= 15 is 0 Å². The van der Waals surface area contributed by atoms with Crippen LogP contribution in [-0.4, -0.2) is 33.7 Å². The van der Waals surface area contributed by atoms with Gasteiger partial charge in [-0.05, 0) is 61.9 Å². The molecule has 0 saturated carbocycles. The number of hydrogen-bond donors (Lipinski definition) is 0. The first kappa shape index (κ1) is 29.0. The summed E-state index contributed by atoms with van der Waals surface area (Å²) in [5.74, 6) is -0.0939. The molecule has 10 nitrogen and oxygen atoms in total. The van der Waals surface area contributed by atoms with E-state index < -0.39 is 16.9 Å². The number of benzene rings is 2. The Morgan fingerprint density at radius 2 is 1.95 bits per heavy atom. The number of esters is 1. The Balaban J connectivity index is 1.73. The second-order valence-electron chi connectivity index (χ2n) is 9.38. The van der Waals surface area contributed by atoms with E-state index in [9.17, 15) is 19.7 Å². The fourth-order valence-corrected chi connectivity index (χ4v) is 6.14. The Kier molecular flexibility index (Phi) is 8.41. The van der Waals surface area contributed by atoms with Crippen molar-refractivity contribution in [3.8, 4) is 11.4 Å². The number of nitro groups is 1. The molecule has 0 fully saturated rings. The van der Waals surface area contributed by atoms with Crippen molar-refractivity contribution in [2.45, 2.75) is 32.7 Å². The molecule has 1 atom stereocenters. The molecule has 0 amide bonds. The van der Waals surface area contributed by atoms with Crippen LogP contribution in [0.4, 0.5) is 5.69 Å². The van der Waals surface area contributed by atoms with Crippen molar-refractivity contribution in [1.29, 1.82) is 0 Å². The molecule has 0 saturated heterocycles. The molecule has 5 rings (SSSR count). The molecule has 2 aromatic carbocycles. The summed E-state index contributed by atoms with van der Waals surface area (Å²) in [7, 11) is 1.52. The predicted molar refractivity (Wildman–Crippen MR) is 160 cm³/mol. The van der Waals surface area contributed by atoms with E-state index in [0.717, 1.165) is 6.42 Å². The summed E-state index contributed by atoms with van der Waals surface area (Å²) in [4.78, 5) is 43.4. The van der Waals surface area contributed by atoms with Crippen LogP contribution in [0, 0.1) is 10.1 Å². The first-order valence-electron chi connectivity index (χ1n) is 13.2. The summed E-state index contributed by atoms with van der Waals surface area (Å²) in [6.45, 7) is 3.87. The molecule has 42 heavy (non-hydrogen) atoms. The number of nitrogens with zero attached hydrogens (tertiary/aromatic N) is 4. The standard InChI is InChI=1S/C30H27ClN4O6S/c1-4-7-23-26(29(37)41-5-2)27(22-16-18(31)9-14-24(22)40-3)34-28(36)25(42-30(34)32-23)17-21-8-6-15-33(21)19-10-12-20(13-11-19)35(38)39/h6,8-17,27H,4-5,7H2,1-3H3/b25-17+/t27-/m0/s1. The van der Waals surface area contributed by atoms with Crippen LogP contribution in [0.15, 0.2) is 81.9 Å². The van der Waals surface area contributed by atoms with Crippen molar-refractivity contribution in [2.75, 3.05) is 13.7 Å². The van der Waals surface area contributed by atoms with Crippen LogP contribution in [0.5, 0.6) is 5.75 Å². The highest BCUT2D eigenvalue weighted by Crippen LogP contribution is 2.38. The van der Waals surface area contributed by atoms with Gasteiger partial charge in [0.1, 0.15) is 11.8 Å². The lowest BCUT2D eigenvalue weighted by molar-refractivity contribution is -0.384. The molecule has 1 aliphatic rings. The van der Waals surface area contributed by atoms with Crippen molar-refractivity contribution in [2.24, 2.45) is 4.99 Å². The zero-order valence-electron chi connectivity index (χ0n) is 23.1. The zero-order valence-corrected chi connectivity index (χ0v) is 24.6. The van der Waals surface area contributed by atoms with Gasteiger partial charge in [-0.15, -0.1) is 0 Å². The van der Waals surface area contributed by atoms with Crippen molar-refractivity contribution in [1.82, 2.24) is 9.13 Å². The van der Waals surface area contributed by atoms with E-state index in [1.807, 2.05) is 29.8 Å². The first-order valence-corrected chi connectivity index (χ1v) is 14.4. The molecule has 12 heteroatoms. The van der Waals surface area contributed by atoms with Gasteiger partial charge >= 0.3 is 5.97 Å². The van der Waals surface area contributed by atoms with E-state index in [2.05, 4.69) is 0 Å². The number of aromatic nitrogens is 2. The number of allylic oxidation sites excluding steroid dienone is 1. The molecule has 216 valence electrons. The number of carbonyl (C=O) groups is 1. The van der Waals surface area contributed by atoms with Crippen LogP contribution in [0.3, 0.4) is 0 Å². The number of non-ortho nitro benzene ring substituents is 1. The monoisotopic (exact) mass is 606 g/mol. The van der Waals surface area contributed by atoms with Gasteiger partial charge in [0.2, 0.25) is 0 Å². The number of nitro benzene ring substituents is 1. The van der Waals surface area contributed by atoms with Crippen LogP contribution in [0.2, 0.25) is 5.02 Å². The number of fused-ring (bicyclic) bond motifs is 1. The van der Waals surface area contributed by atoms with Gasteiger partial charge < -0.3 is 14.0 Å². The second kappa shape index (κ2) is 12.2. The third-order valence-corrected chi connectivity index (χ3v) is 7.99. The highest BCUT2D eigenvalue weighted by Gasteiger charge is 2.36. The van der Waals surface area contributed by atoms with Crippen molar-refractivity contribution < 1.29 is 19.2 Å². The first-order chi connectivity index (χ1) is 20.3. The maximum absolute atomic E-state index is 14.1. The van der Waals surface area contributed by atoms with Crippen LogP contribution in [0.25, 0.3) is 11.8 Å². The average Bonchev–Trinajstić information content (AvgIpc) is 3.56. The lowest BCUT2D eigenvalue weighted by Gasteiger charge is -2.27. The van der Waals surface area contributed by atoms with Crippen LogP contribution in [0.1, 0.15) is 44.0 Å². The van der Waals surface area contributed by atoms with E-state index in [4.69, 9.17) is 26.1 Å². The number of methoxy groups -OCH3 is 1. The molecular formula is C30H27ClN4O6S. The molecule has 0 aliphatic carbocycles. The number of carbonyl (C=O) groups excluding carboxylic acids is 1. The molecule has 4 aromatic rings. The number of ether oxygens (including phenoxy) is 2. The Morgan fingerprint density at radius 3 is 2.62 bits per heavy atom. The van der Waals surface area contributed by atoms with Crippen molar-refractivity contribution >= 4 is 40.7 Å². The summed E-state index contributed by atoms with van der Waals surface area (Å²) < 4.78 is 14.8. The third-order valence-electron chi connectivity index (χ3n) is 6.78. The number of halogens is 1. The number of hydrogen-bond acceptors (Lipinski definition) is 8. The number of thiazole rings is 1. The van der Waals surface area contributed by atoms with Gasteiger partial charge in [-0.3, -0.25) is 19.5 Å². The molecular weight excluding hydrogens is 580 g/mol. The molecule has 3 heterocycles. The molecule has 2 aromatic heterocycles. The SMILES string of the molecule is CCCC1=C(C(=O)OCC)[C@H](c2cc(Cl)ccc2OC)n2c(s/c(=C/c3cccn3-c3ccc([N+](=O)[O-])cc3)c2=O)=N1. The Bertz CT molecular complexity index is 1890. The number of rotatable bonds is 9. The molecule has 0 radical (unpaired) electrons. The van der Waals surface area contributed by atoms with Gasteiger partial charge in [0.15, 0.2) is 4.80 Å². The Morgan fingerprint density at radius 1 is 1.19 bits per heavy atom. The largest absolute Gasteiger partial charge is 0.496 e. The lowest BCUT2D eigenvalue weighted by atomic mass is 9.93. The second-order valence-corrected chi connectivity index (χ2v) is 10.8. The minimum absolute atomic E-state index is 0.0162. The lowest BCUT2D eigenvalue weighted by Crippen LogP contribution is -2.40. The molecule has 0 N–H and O–H groups in total. The van der Waals surface area contributed by atoms with Crippen LogP contribution < -0.4 is 19.6 Å². The highest BCUT2D eigenvalue weighted by atomic mass is 35.5. The fraction of sp³-hybridized carbons (Fsp3) is 0.233. The van der Waals surface area contributed by atoms with Crippen LogP contribution >= 0.6 is 22.9 Å². The minimum Gasteiger partial charge on any atom is -0.496 e. The minimum atomic E-state index is -0.876. The third kappa shape index (κ3) is 5.40. The van der Waals surface area contributed by atoms with Gasteiger partial charge in [0.25, 0.3) is 11.2 Å². The maximum atomic E-state index is 14.1. The quantitative estimate of drug-likeness (QED) is 0.151. The van der Waals surface area contributed by atoms with E-state index in [1.54, 1.807) is 43.3 Å². The average molecular weight is 607 g/mol. The maximum Gasteiger partial charge on any atom is 0.338 e. The summed E-state index contributed by atoms with van der Waals surface area (Å²) in [5.41, 5.74) is 2.37. The Hall–Kier alpha value is -4.48.